The molecule has 0 saturated heterocycles. The van der Waals surface area contributed by atoms with Crippen LogP contribution in [0, 0.1) is 6.92 Å². The van der Waals surface area contributed by atoms with Crippen LogP contribution >= 0.6 is 22.9 Å². The lowest BCUT2D eigenvalue weighted by Crippen LogP contribution is -1.83. The largest absolute Gasteiger partial charge is 0.375 e. The predicted molar refractivity (Wildman–Crippen MR) is 92.3 cm³/mol. The molecule has 0 aliphatic carbocycles. The maximum atomic E-state index is 6.23. The van der Waals surface area contributed by atoms with Crippen molar-refractivity contribution in [2.45, 2.75) is 6.92 Å². The van der Waals surface area contributed by atoms with Gasteiger partial charge in [0.1, 0.15) is 5.69 Å². The third kappa shape index (κ3) is 3.16. The Labute approximate surface area is 137 Å². The Morgan fingerprint density at radius 1 is 1.05 bits per heavy atom. The Balaban J connectivity index is 1.98. The summed E-state index contributed by atoms with van der Waals surface area (Å²) in [6.45, 7) is 2.03. The fraction of sp³-hybridized carbons (Fsp3) is 0.0625. The van der Waals surface area contributed by atoms with Gasteiger partial charge in [-0.1, -0.05) is 58.8 Å². The minimum Gasteiger partial charge on any atom is -0.375 e. The number of thiazole rings is 1. The van der Waals surface area contributed by atoms with Gasteiger partial charge in [0.05, 0.1) is 10.7 Å². The Morgan fingerprint density at radius 3 is 2.50 bits per heavy atom. The summed E-state index contributed by atoms with van der Waals surface area (Å²) in [5.41, 5.74) is 9.23. The van der Waals surface area contributed by atoms with Gasteiger partial charge in [-0.05, 0) is 25.1 Å². The molecule has 0 spiro atoms. The third-order valence-corrected chi connectivity index (χ3v) is 4.14. The fourth-order valence-corrected chi connectivity index (χ4v) is 2.83. The van der Waals surface area contributed by atoms with Crippen molar-refractivity contribution in [1.29, 1.82) is 0 Å². The first-order valence-corrected chi connectivity index (χ1v) is 7.82. The molecule has 3 aromatic rings. The van der Waals surface area contributed by atoms with Gasteiger partial charge in [-0.2, -0.15) is 0 Å². The molecular formula is C16H13ClN4S. The molecule has 4 nitrogen and oxygen atoms in total. The van der Waals surface area contributed by atoms with Crippen LogP contribution in [-0.4, -0.2) is 4.98 Å². The van der Waals surface area contributed by atoms with Crippen LogP contribution in [0.5, 0.6) is 0 Å². The van der Waals surface area contributed by atoms with Crippen molar-refractivity contribution in [1.82, 2.24) is 4.98 Å². The number of nitrogens with two attached hydrogens (primary N) is 1. The number of anilines is 1. The zero-order chi connectivity index (χ0) is 15.5. The molecule has 0 bridgehead atoms. The Hall–Kier alpha value is -2.24. The first kappa shape index (κ1) is 14.7. The molecular weight excluding hydrogens is 316 g/mol. The third-order valence-electron chi connectivity index (χ3n) is 3.05. The zero-order valence-corrected chi connectivity index (χ0v) is 13.4. The Morgan fingerprint density at radius 2 is 1.77 bits per heavy atom. The van der Waals surface area contributed by atoms with Gasteiger partial charge in [0.15, 0.2) is 10.1 Å². The van der Waals surface area contributed by atoms with Crippen molar-refractivity contribution in [3.05, 3.63) is 59.1 Å². The van der Waals surface area contributed by atoms with Crippen LogP contribution in [0.4, 0.5) is 15.8 Å². The number of halogens is 1. The summed E-state index contributed by atoms with van der Waals surface area (Å²) in [5.74, 6) is 0. The topological polar surface area (TPSA) is 63.6 Å². The van der Waals surface area contributed by atoms with E-state index in [2.05, 4.69) is 15.2 Å². The summed E-state index contributed by atoms with van der Waals surface area (Å²) in [6.07, 6.45) is 0. The summed E-state index contributed by atoms with van der Waals surface area (Å²) < 4.78 is 0. The van der Waals surface area contributed by atoms with E-state index >= 15 is 0 Å². The Bertz CT molecular complexity index is 824. The summed E-state index contributed by atoms with van der Waals surface area (Å²) in [7, 11) is 0. The number of nitrogens with zero attached hydrogens (tertiary/aromatic N) is 3. The van der Waals surface area contributed by atoms with E-state index in [4.69, 9.17) is 17.3 Å². The van der Waals surface area contributed by atoms with Crippen molar-refractivity contribution < 1.29 is 0 Å². The molecule has 1 heterocycles. The van der Waals surface area contributed by atoms with Gasteiger partial charge in [-0.3, -0.25) is 0 Å². The fourth-order valence-electron chi connectivity index (χ4n) is 1.94. The number of benzene rings is 2. The van der Waals surface area contributed by atoms with Crippen molar-refractivity contribution in [3.63, 3.8) is 0 Å². The van der Waals surface area contributed by atoms with E-state index < -0.39 is 0 Å². The molecule has 0 atom stereocenters. The van der Waals surface area contributed by atoms with Gasteiger partial charge in [0.25, 0.3) is 0 Å². The maximum Gasteiger partial charge on any atom is 0.182 e. The SMILES string of the molecule is Cc1ccc(N=Nc2sc(N)nc2-c2ccccc2Cl)cc1. The molecule has 3 rings (SSSR count). The van der Waals surface area contributed by atoms with Crippen molar-refractivity contribution >= 4 is 38.8 Å². The van der Waals surface area contributed by atoms with Crippen LogP contribution in [-0.2, 0) is 0 Å². The highest BCUT2D eigenvalue weighted by Gasteiger charge is 2.14. The molecule has 0 aliphatic heterocycles. The van der Waals surface area contributed by atoms with E-state index in [1.165, 1.54) is 16.9 Å². The van der Waals surface area contributed by atoms with E-state index in [1.807, 2.05) is 55.5 Å². The number of hydrogen-bond donors (Lipinski definition) is 1. The van der Waals surface area contributed by atoms with Crippen LogP contribution in [0.3, 0.4) is 0 Å². The molecule has 2 aromatic carbocycles. The van der Waals surface area contributed by atoms with Crippen molar-refractivity contribution in [3.8, 4) is 11.3 Å². The maximum absolute atomic E-state index is 6.23. The molecule has 0 unspecified atom stereocenters. The molecule has 0 fully saturated rings. The second kappa shape index (κ2) is 6.25. The lowest BCUT2D eigenvalue weighted by Gasteiger charge is -2.00. The number of aryl methyl sites for hydroxylation is 1. The van der Waals surface area contributed by atoms with E-state index in [0.717, 1.165) is 11.3 Å². The summed E-state index contributed by atoms with van der Waals surface area (Å²) >= 11 is 7.51. The second-order valence-corrected chi connectivity index (χ2v) is 6.14. The van der Waals surface area contributed by atoms with Gasteiger partial charge in [-0.15, -0.1) is 10.2 Å². The van der Waals surface area contributed by atoms with Gasteiger partial charge in [-0.25, -0.2) is 4.98 Å². The van der Waals surface area contributed by atoms with Crippen LogP contribution in [0.2, 0.25) is 5.02 Å². The number of azo groups is 1. The predicted octanol–water partition coefficient (Wildman–Crippen LogP) is 5.77. The van der Waals surface area contributed by atoms with Gasteiger partial charge in [0.2, 0.25) is 0 Å². The number of nitrogen functional groups attached to an aromatic ring is 1. The van der Waals surface area contributed by atoms with Crippen LogP contribution < -0.4 is 5.73 Å². The minimum absolute atomic E-state index is 0.438. The number of hydrogen-bond acceptors (Lipinski definition) is 5. The van der Waals surface area contributed by atoms with Crippen molar-refractivity contribution in [2.24, 2.45) is 10.2 Å². The van der Waals surface area contributed by atoms with Crippen molar-refractivity contribution in [2.75, 3.05) is 5.73 Å². The smallest absolute Gasteiger partial charge is 0.182 e. The highest BCUT2D eigenvalue weighted by atomic mass is 35.5. The molecule has 2 N–H and O–H groups in total. The molecule has 0 saturated carbocycles. The summed E-state index contributed by atoms with van der Waals surface area (Å²) in [4.78, 5) is 4.33. The molecule has 22 heavy (non-hydrogen) atoms. The lowest BCUT2D eigenvalue weighted by atomic mass is 10.2. The molecule has 0 aliphatic rings. The average Bonchev–Trinajstić information content (AvgIpc) is 2.88. The standard InChI is InChI=1S/C16H13ClN4S/c1-10-6-8-11(9-7-10)20-21-15-14(19-16(18)22-15)12-4-2-3-5-13(12)17/h2-9H,1H3,(H2,18,19). The highest BCUT2D eigenvalue weighted by Crippen LogP contribution is 2.40. The van der Waals surface area contributed by atoms with Crippen LogP contribution in [0.25, 0.3) is 11.3 Å². The quantitative estimate of drug-likeness (QED) is 0.620. The second-order valence-electron chi connectivity index (χ2n) is 4.72. The first-order chi connectivity index (χ1) is 10.6. The van der Waals surface area contributed by atoms with E-state index in [-0.39, 0.29) is 0 Å². The highest BCUT2D eigenvalue weighted by molar-refractivity contribution is 7.19. The number of aromatic nitrogens is 1. The minimum atomic E-state index is 0.438. The van der Waals surface area contributed by atoms with Crippen LogP contribution in [0.15, 0.2) is 58.8 Å². The van der Waals surface area contributed by atoms with E-state index in [9.17, 15) is 0 Å². The van der Waals surface area contributed by atoms with Gasteiger partial charge < -0.3 is 5.73 Å². The molecule has 6 heteroatoms. The molecule has 0 amide bonds. The summed E-state index contributed by atoms with van der Waals surface area (Å²) in [5, 5.41) is 10.2. The molecule has 110 valence electrons. The van der Waals surface area contributed by atoms with Crippen LogP contribution in [0.1, 0.15) is 5.56 Å². The molecule has 1 aromatic heterocycles. The lowest BCUT2D eigenvalue weighted by molar-refractivity contribution is 1.24. The van der Waals surface area contributed by atoms with Gasteiger partial charge in [0, 0.05) is 5.56 Å². The zero-order valence-electron chi connectivity index (χ0n) is 11.8. The molecule has 0 radical (unpaired) electrons. The summed E-state index contributed by atoms with van der Waals surface area (Å²) in [6, 6.07) is 15.3. The van der Waals surface area contributed by atoms with E-state index in [0.29, 0.717) is 20.8 Å². The Kier molecular flexibility index (Phi) is 4.18. The van der Waals surface area contributed by atoms with Gasteiger partial charge >= 0.3 is 0 Å². The monoisotopic (exact) mass is 328 g/mol. The number of rotatable bonds is 3. The normalized spacial score (nSPS) is 11.2. The van der Waals surface area contributed by atoms with E-state index in [1.54, 1.807) is 0 Å². The first-order valence-electron chi connectivity index (χ1n) is 6.63. The average molecular weight is 329 g/mol.